The molecule has 3 nitrogen and oxygen atoms in total. The van der Waals surface area contributed by atoms with Crippen molar-refractivity contribution in [3.05, 3.63) is 35.9 Å². The number of benzene rings is 1. The zero-order valence-electron chi connectivity index (χ0n) is 11.7. The van der Waals surface area contributed by atoms with Gasteiger partial charge < -0.3 is 5.73 Å². The van der Waals surface area contributed by atoms with Crippen LogP contribution in [0.1, 0.15) is 38.2 Å². The van der Waals surface area contributed by atoms with Gasteiger partial charge in [-0.05, 0) is 37.3 Å². The molecule has 2 rings (SSSR count). The van der Waals surface area contributed by atoms with E-state index in [4.69, 9.17) is 5.73 Å². The molecule has 1 heterocycles. The fourth-order valence-corrected chi connectivity index (χ4v) is 3.10. The number of hydrogen-bond donors (Lipinski definition) is 1. The normalized spacial score (nSPS) is 24.3. The van der Waals surface area contributed by atoms with Crippen LogP contribution in [-0.2, 0) is 11.3 Å². The molecular formula is C16H24N2O. The lowest BCUT2D eigenvalue weighted by atomic mass is 9.87. The highest BCUT2D eigenvalue weighted by Gasteiger charge is 2.27. The van der Waals surface area contributed by atoms with Gasteiger partial charge in [0.2, 0.25) is 5.91 Å². The second-order valence-corrected chi connectivity index (χ2v) is 5.58. The van der Waals surface area contributed by atoms with Crippen LogP contribution in [0.15, 0.2) is 30.3 Å². The maximum absolute atomic E-state index is 11.0. The van der Waals surface area contributed by atoms with Gasteiger partial charge in [-0.2, -0.15) is 0 Å². The van der Waals surface area contributed by atoms with Crippen molar-refractivity contribution in [3.8, 4) is 0 Å². The van der Waals surface area contributed by atoms with Gasteiger partial charge in [0.05, 0.1) is 0 Å². The van der Waals surface area contributed by atoms with Crippen LogP contribution in [0.3, 0.4) is 0 Å². The predicted octanol–water partition coefficient (Wildman–Crippen LogP) is 2.55. The lowest BCUT2D eigenvalue weighted by Gasteiger charge is -2.39. The first-order chi connectivity index (χ1) is 9.19. The molecular weight excluding hydrogens is 236 g/mol. The van der Waals surface area contributed by atoms with E-state index in [1.807, 2.05) is 0 Å². The molecule has 2 atom stereocenters. The van der Waals surface area contributed by atoms with Crippen molar-refractivity contribution < 1.29 is 4.79 Å². The van der Waals surface area contributed by atoms with Crippen LogP contribution in [0.4, 0.5) is 0 Å². The molecule has 1 aromatic carbocycles. The molecule has 1 aliphatic rings. The number of piperidine rings is 1. The molecule has 1 aromatic rings. The summed E-state index contributed by atoms with van der Waals surface area (Å²) in [5, 5.41) is 0. The number of nitrogens with zero attached hydrogens (tertiary/aromatic N) is 1. The highest BCUT2D eigenvalue weighted by atomic mass is 16.1. The Bertz CT molecular complexity index is 404. The van der Waals surface area contributed by atoms with E-state index in [0.717, 1.165) is 32.4 Å². The Hall–Kier alpha value is -1.35. The van der Waals surface area contributed by atoms with Crippen molar-refractivity contribution in [2.24, 2.45) is 11.7 Å². The van der Waals surface area contributed by atoms with Gasteiger partial charge in [-0.25, -0.2) is 0 Å². The Morgan fingerprint density at radius 1 is 1.37 bits per heavy atom. The third-order valence-corrected chi connectivity index (χ3v) is 4.14. The summed E-state index contributed by atoms with van der Waals surface area (Å²) in [6, 6.07) is 11.2. The molecule has 0 aliphatic carbocycles. The smallest absolute Gasteiger partial charge is 0.217 e. The molecule has 0 aromatic heterocycles. The molecule has 1 saturated heterocycles. The molecule has 1 amide bonds. The number of primary amides is 1. The summed E-state index contributed by atoms with van der Waals surface area (Å²) in [5.74, 6) is 0.325. The van der Waals surface area contributed by atoms with Crippen LogP contribution < -0.4 is 5.73 Å². The molecule has 0 radical (unpaired) electrons. The van der Waals surface area contributed by atoms with Crippen LogP contribution >= 0.6 is 0 Å². The Morgan fingerprint density at radius 2 is 2.11 bits per heavy atom. The van der Waals surface area contributed by atoms with E-state index in [1.165, 1.54) is 5.56 Å². The van der Waals surface area contributed by atoms with E-state index in [0.29, 0.717) is 18.4 Å². The van der Waals surface area contributed by atoms with Gasteiger partial charge in [0, 0.05) is 19.0 Å². The third-order valence-electron chi connectivity index (χ3n) is 4.14. The first kappa shape index (κ1) is 14.1. The number of carbonyl (C=O) groups is 1. The van der Waals surface area contributed by atoms with Crippen molar-refractivity contribution in [2.75, 3.05) is 6.54 Å². The molecule has 2 N–H and O–H groups in total. The zero-order valence-corrected chi connectivity index (χ0v) is 11.7. The number of hydrogen-bond acceptors (Lipinski definition) is 2. The van der Waals surface area contributed by atoms with Crippen LogP contribution in [0.2, 0.25) is 0 Å². The van der Waals surface area contributed by atoms with Gasteiger partial charge in [-0.1, -0.05) is 37.3 Å². The van der Waals surface area contributed by atoms with Gasteiger partial charge in [-0.3, -0.25) is 9.69 Å². The van der Waals surface area contributed by atoms with Crippen molar-refractivity contribution in [1.29, 1.82) is 0 Å². The zero-order chi connectivity index (χ0) is 13.7. The highest BCUT2D eigenvalue weighted by Crippen LogP contribution is 2.28. The SMILES string of the molecule is CCC1CC(CC(N)=O)CCN1Cc1ccccc1. The summed E-state index contributed by atoms with van der Waals surface area (Å²) in [5.41, 5.74) is 6.69. The average Bonchev–Trinajstić information content (AvgIpc) is 2.41. The third kappa shape index (κ3) is 4.06. The van der Waals surface area contributed by atoms with E-state index in [2.05, 4.69) is 42.2 Å². The van der Waals surface area contributed by atoms with Crippen LogP contribution in [0, 0.1) is 5.92 Å². The van der Waals surface area contributed by atoms with E-state index in [1.54, 1.807) is 0 Å². The summed E-state index contributed by atoms with van der Waals surface area (Å²) in [6.45, 7) is 4.32. The van der Waals surface area contributed by atoms with E-state index >= 15 is 0 Å². The molecule has 1 aliphatic heterocycles. The first-order valence-electron chi connectivity index (χ1n) is 7.25. The van der Waals surface area contributed by atoms with Crippen LogP contribution in [-0.4, -0.2) is 23.4 Å². The molecule has 104 valence electrons. The van der Waals surface area contributed by atoms with Crippen molar-refractivity contribution in [1.82, 2.24) is 4.90 Å². The average molecular weight is 260 g/mol. The number of likely N-dealkylation sites (tertiary alicyclic amines) is 1. The Kier molecular flexibility index (Phi) is 4.97. The van der Waals surface area contributed by atoms with Gasteiger partial charge >= 0.3 is 0 Å². The minimum Gasteiger partial charge on any atom is -0.370 e. The molecule has 2 unspecified atom stereocenters. The van der Waals surface area contributed by atoms with Crippen molar-refractivity contribution >= 4 is 5.91 Å². The molecule has 0 saturated carbocycles. The minimum absolute atomic E-state index is 0.156. The van der Waals surface area contributed by atoms with E-state index in [9.17, 15) is 4.79 Å². The molecule has 19 heavy (non-hydrogen) atoms. The Labute approximate surface area is 115 Å². The number of carbonyl (C=O) groups excluding carboxylic acids is 1. The van der Waals surface area contributed by atoms with Gasteiger partial charge in [0.15, 0.2) is 0 Å². The topological polar surface area (TPSA) is 46.3 Å². The van der Waals surface area contributed by atoms with E-state index in [-0.39, 0.29) is 5.91 Å². The van der Waals surface area contributed by atoms with Crippen LogP contribution in [0.5, 0.6) is 0 Å². The lowest BCUT2D eigenvalue weighted by molar-refractivity contribution is -0.119. The summed E-state index contributed by atoms with van der Waals surface area (Å²) in [7, 11) is 0. The molecule has 1 fully saturated rings. The van der Waals surface area contributed by atoms with Gasteiger partial charge in [-0.15, -0.1) is 0 Å². The fourth-order valence-electron chi connectivity index (χ4n) is 3.10. The minimum atomic E-state index is -0.156. The number of nitrogens with two attached hydrogens (primary N) is 1. The maximum Gasteiger partial charge on any atom is 0.217 e. The number of amides is 1. The maximum atomic E-state index is 11.0. The molecule has 0 bridgehead atoms. The largest absolute Gasteiger partial charge is 0.370 e. The monoisotopic (exact) mass is 260 g/mol. The molecule has 0 spiro atoms. The van der Waals surface area contributed by atoms with Crippen molar-refractivity contribution in [2.45, 2.75) is 45.2 Å². The van der Waals surface area contributed by atoms with Gasteiger partial charge in [0.1, 0.15) is 0 Å². The highest BCUT2D eigenvalue weighted by molar-refractivity contribution is 5.74. The van der Waals surface area contributed by atoms with Crippen LogP contribution in [0.25, 0.3) is 0 Å². The summed E-state index contributed by atoms with van der Waals surface area (Å²) in [4.78, 5) is 13.6. The van der Waals surface area contributed by atoms with E-state index < -0.39 is 0 Å². The lowest BCUT2D eigenvalue weighted by Crippen LogP contribution is -2.42. The summed E-state index contributed by atoms with van der Waals surface area (Å²) in [6.07, 6.45) is 3.89. The standard InChI is InChI=1S/C16H24N2O/c1-2-15-10-14(11-16(17)19)8-9-18(15)12-13-6-4-3-5-7-13/h3-7,14-15H,2,8-12H2,1H3,(H2,17,19). The fraction of sp³-hybridized carbons (Fsp3) is 0.562. The summed E-state index contributed by atoms with van der Waals surface area (Å²) >= 11 is 0. The molecule has 3 heteroatoms. The quantitative estimate of drug-likeness (QED) is 0.884. The predicted molar refractivity (Wildman–Crippen MR) is 77.5 cm³/mol. The Morgan fingerprint density at radius 3 is 2.74 bits per heavy atom. The second kappa shape index (κ2) is 6.71. The Balaban J connectivity index is 1.93. The van der Waals surface area contributed by atoms with Gasteiger partial charge in [0.25, 0.3) is 0 Å². The van der Waals surface area contributed by atoms with Crippen molar-refractivity contribution in [3.63, 3.8) is 0 Å². The first-order valence-corrected chi connectivity index (χ1v) is 7.25. The number of rotatable bonds is 5. The summed E-state index contributed by atoms with van der Waals surface area (Å²) < 4.78 is 0. The second-order valence-electron chi connectivity index (χ2n) is 5.58.